The maximum atomic E-state index is 12.8. The van der Waals surface area contributed by atoms with Crippen LogP contribution in [0.2, 0.25) is 0 Å². The monoisotopic (exact) mass is 443 g/mol. The molecule has 0 unspecified atom stereocenters. The van der Waals surface area contributed by atoms with Crippen LogP contribution >= 0.6 is 0 Å². The van der Waals surface area contributed by atoms with Crippen LogP contribution in [0.4, 0.5) is 11.4 Å². The average molecular weight is 444 g/mol. The molecule has 0 N–H and O–H groups in total. The molecular weight excluding hydrogens is 414 g/mol. The number of ether oxygens (including phenoxy) is 1. The average Bonchev–Trinajstić information content (AvgIpc) is 2.86. The normalized spacial score (nSPS) is 19.7. The highest BCUT2D eigenvalue weighted by Crippen LogP contribution is 2.36. The summed E-state index contributed by atoms with van der Waals surface area (Å²) in [7, 11) is 1.32. The van der Waals surface area contributed by atoms with Crippen LogP contribution in [0.1, 0.15) is 66.6 Å². The van der Waals surface area contributed by atoms with Crippen molar-refractivity contribution in [3.63, 3.8) is 0 Å². The van der Waals surface area contributed by atoms with Gasteiger partial charge < -0.3 is 9.64 Å². The summed E-state index contributed by atoms with van der Waals surface area (Å²) in [5, 5.41) is 0. The van der Waals surface area contributed by atoms with Gasteiger partial charge in [0.1, 0.15) is 5.69 Å². The summed E-state index contributed by atoms with van der Waals surface area (Å²) >= 11 is 0. The van der Waals surface area contributed by atoms with Crippen molar-refractivity contribution in [2.45, 2.75) is 57.4 Å². The van der Waals surface area contributed by atoms with E-state index >= 15 is 0 Å². The minimum Gasteiger partial charge on any atom is -0.469 e. The SMILES string of the molecule is COC(=O)CC1=C/C(=N\c2ccc3c(c2)CCCN3C2CCCCC2)c2cccnc2C1=O. The molecule has 1 fully saturated rings. The van der Waals surface area contributed by atoms with Crippen molar-refractivity contribution >= 4 is 28.8 Å². The molecular formula is C27H29N3O3. The number of aliphatic imine (C=N–C) groups is 1. The van der Waals surface area contributed by atoms with E-state index in [1.54, 1.807) is 18.3 Å². The second-order valence-corrected chi connectivity index (χ2v) is 9.05. The highest BCUT2D eigenvalue weighted by atomic mass is 16.5. The summed E-state index contributed by atoms with van der Waals surface area (Å²) < 4.78 is 4.77. The van der Waals surface area contributed by atoms with Gasteiger partial charge in [-0.3, -0.25) is 14.6 Å². The molecule has 2 heterocycles. The molecule has 1 saturated carbocycles. The molecule has 0 amide bonds. The number of anilines is 1. The molecule has 3 aliphatic rings. The number of fused-ring (bicyclic) bond motifs is 2. The van der Waals surface area contributed by atoms with Crippen LogP contribution in [0.3, 0.4) is 0 Å². The smallest absolute Gasteiger partial charge is 0.310 e. The zero-order valence-corrected chi connectivity index (χ0v) is 19.0. The quantitative estimate of drug-likeness (QED) is 0.624. The molecule has 1 aliphatic heterocycles. The number of Topliss-reactive ketones (excluding diaryl/α,β-unsaturated/α-hetero) is 1. The van der Waals surface area contributed by atoms with Crippen LogP contribution in [0.25, 0.3) is 0 Å². The number of esters is 1. The Bertz CT molecular complexity index is 1150. The summed E-state index contributed by atoms with van der Waals surface area (Å²) in [6.07, 6.45) is 12.0. The van der Waals surface area contributed by atoms with Crippen LogP contribution in [-0.4, -0.2) is 42.1 Å². The number of nitrogens with zero attached hydrogens (tertiary/aromatic N) is 3. The minimum atomic E-state index is -0.454. The minimum absolute atomic E-state index is 0.0924. The van der Waals surface area contributed by atoms with Gasteiger partial charge in [0.05, 0.1) is 24.9 Å². The van der Waals surface area contributed by atoms with Gasteiger partial charge in [0, 0.05) is 35.6 Å². The van der Waals surface area contributed by atoms with Crippen LogP contribution in [0.5, 0.6) is 0 Å². The number of hydrogen-bond donors (Lipinski definition) is 0. The molecule has 0 saturated heterocycles. The third kappa shape index (κ3) is 4.34. The molecule has 6 heteroatoms. The van der Waals surface area contributed by atoms with Gasteiger partial charge in [0.25, 0.3) is 0 Å². The molecule has 33 heavy (non-hydrogen) atoms. The summed E-state index contributed by atoms with van der Waals surface area (Å²) in [6, 6.07) is 10.8. The van der Waals surface area contributed by atoms with E-state index in [1.165, 1.54) is 50.5 Å². The maximum absolute atomic E-state index is 12.8. The van der Waals surface area contributed by atoms with Crippen molar-refractivity contribution < 1.29 is 14.3 Å². The van der Waals surface area contributed by atoms with Crippen LogP contribution in [-0.2, 0) is 16.0 Å². The predicted molar refractivity (Wildman–Crippen MR) is 128 cm³/mol. The van der Waals surface area contributed by atoms with Gasteiger partial charge >= 0.3 is 5.97 Å². The largest absolute Gasteiger partial charge is 0.469 e. The molecule has 5 rings (SSSR count). The first-order valence-electron chi connectivity index (χ1n) is 11.9. The van der Waals surface area contributed by atoms with Crippen molar-refractivity contribution in [3.8, 4) is 0 Å². The summed E-state index contributed by atoms with van der Waals surface area (Å²) in [5.41, 5.74) is 5.57. The van der Waals surface area contributed by atoms with E-state index < -0.39 is 5.97 Å². The molecule has 0 bridgehead atoms. The first-order chi connectivity index (χ1) is 16.1. The van der Waals surface area contributed by atoms with Gasteiger partial charge in [0.15, 0.2) is 0 Å². The Morgan fingerprint density at radius 3 is 2.85 bits per heavy atom. The second-order valence-electron chi connectivity index (χ2n) is 9.05. The molecule has 6 nitrogen and oxygen atoms in total. The Balaban J connectivity index is 1.50. The van der Waals surface area contributed by atoms with Gasteiger partial charge in [-0.1, -0.05) is 19.3 Å². The third-order valence-electron chi connectivity index (χ3n) is 6.95. The predicted octanol–water partition coefficient (Wildman–Crippen LogP) is 4.97. The lowest BCUT2D eigenvalue weighted by molar-refractivity contribution is -0.139. The number of rotatable bonds is 4. The lowest BCUT2D eigenvalue weighted by Gasteiger charge is -2.40. The van der Waals surface area contributed by atoms with Crippen molar-refractivity contribution in [3.05, 3.63) is 65.0 Å². The number of allylic oxidation sites excluding steroid dienone is 1. The Hall–Kier alpha value is -3.28. The van der Waals surface area contributed by atoms with Crippen molar-refractivity contribution in [1.29, 1.82) is 0 Å². The van der Waals surface area contributed by atoms with E-state index in [0.29, 0.717) is 28.6 Å². The molecule has 0 spiro atoms. The Labute approximate surface area is 194 Å². The summed E-state index contributed by atoms with van der Waals surface area (Å²) in [5.74, 6) is -0.701. The second kappa shape index (κ2) is 9.30. The standard InChI is InChI=1S/C27H29N3O3/c1-33-25(31)17-19-16-23(22-10-5-13-28-26(22)27(19)32)29-20-11-12-24-18(15-20)7-6-14-30(24)21-8-3-2-4-9-21/h5,10-13,15-16,21H,2-4,6-9,14,17H2,1H3/b29-23+. The number of hydrogen-bond acceptors (Lipinski definition) is 6. The van der Waals surface area contributed by atoms with Gasteiger partial charge in [-0.2, -0.15) is 0 Å². The zero-order valence-electron chi connectivity index (χ0n) is 19.0. The van der Waals surface area contributed by atoms with Gasteiger partial charge in [-0.15, -0.1) is 0 Å². The Morgan fingerprint density at radius 1 is 1.18 bits per heavy atom. The van der Waals surface area contributed by atoms with Gasteiger partial charge in [-0.05, 0) is 67.7 Å². The lowest BCUT2D eigenvalue weighted by Crippen LogP contribution is -2.40. The molecule has 170 valence electrons. The topological polar surface area (TPSA) is 71.9 Å². The van der Waals surface area contributed by atoms with E-state index in [9.17, 15) is 9.59 Å². The van der Waals surface area contributed by atoms with E-state index in [1.807, 2.05) is 6.07 Å². The molecule has 1 aromatic carbocycles. The van der Waals surface area contributed by atoms with Crippen LogP contribution < -0.4 is 4.90 Å². The van der Waals surface area contributed by atoms with E-state index in [-0.39, 0.29) is 12.2 Å². The van der Waals surface area contributed by atoms with Gasteiger partial charge in [-0.25, -0.2) is 4.99 Å². The number of carbonyl (C=O) groups is 2. The molecule has 2 aliphatic carbocycles. The fraction of sp³-hybridized carbons (Fsp3) is 0.407. The number of ketones is 1. The van der Waals surface area contributed by atoms with E-state index in [0.717, 1.165) is 25.1 Å². The summed E-state index contributed by atoms with van der Waals surface area (Å²) in [4.78, 5) is 36.5. The fourth-order valence-electron chi connectivity index (χ4n) is 5.30. The van der Waals surface area contributed by atoms with Crippen molar-refractivity contribution in [2.75, 3.05) is 18.6 Å². The Kier molecular flexibility index (Phi) is 6.07. The molecule has 2 aromatic rings. The van der Waals surface area contributed by atoms with Crippen molar-refractivity contribution in [1.82, 2.24) is 4.98 Å². The molecule has 1 aromatic heterocycles. The highest BCUT2D eigenvalue weighted by molar-refractivity contribution is 6.26. The molecule has 0 radical (unpaired) electrons. The highest BCUT2D eigenvalue weighted by Gasteiger charge is 2.28. The third-order valence-corrected chi connectivity index (χ3v) is 6.95. The number of carbonyl (C=O) groups excluding carboxylic acids is 2. The molecule has 0 atom stereocenters. The Morgan fingerprint density at radius 2 is 2.03 bits per heavy atom. The maximum Gasteiger partial charge on any atom is 0.310 e. The summed E-state index contributed by atoms with van der Waals surface area (Å²) in [6.45, 7) is 1.13. The number of aryl methyl sites for hydroxylation is 1. The number of methoxy groups -OCH3 is 1. The van der Waals surface area contributed by atoms with Crippen molar-refractivity contribution in [2.24, 2.45) is 4.99 Å². The first-order valence-corrected chi connectivity index (χ1v) is 11.9. The first kappa shape index (κ1) is 21.6. The zero-order chi connectivity index (χ0) is 22.8. The van der Waals surface area contributed by atoms with Gasteiger partial charge in [0.2, 0.25) is 5.78 Å². The van der Waals surface area contributed by atoms with Crippen LogP contribution in [0, 0.1) is 0 Å². The number of pyridine rings is 1. The number of benzene rings is 1. The number of aromatic nitrogens is 1. The lowest BCUT2D eigenvalue weighted by atomic mass is 9.90. The van der Waals surface area contributed by atoms with E-state index in [2.05, 4.69) is 28.1 Å². The fourth-order valence-corrected chi connectivity index (χ4v) is 5.30. The van der Waals surface area contributed by atoms with Crippen LogP contribution in [0.15, 0.2) is 53.2 Å². The van der Waals surface area contributed by atoms with E-state index in [4.69, 9.17) is 9.73 Å².